The Morgan fingerprint density at radius 3 is 1.94 bits per heavy atom. The van der Waals surface area contributed by atoms with Crippen LogP contribution in [-0.2, 0) is 6.42 Å². The molecular weight excluding hydrogens is 662 g/mol. The van der Waals surface area contributed by atoms with Crippen molar-refractivity contribution in [2.75, 3.05) is 0 Å². The molecule has 4 atom stereocenters. The van der Waals surface area contributed by atoms with Crippen LogP contribution in [0.4, 0.5) is 0 Å². The van der Waals surface area contributed by atoms with Gasteiger partial charge in [0, 0.05) is 0 Å². The number of allylic oxidation sites excluding steroid dienone is 1. The molecule has 4 heteroatoms. The molecule has 0 radical (unpaired) electrons. The second-order valence-electron chi connectivity index (χ2n) is 13.1. The monoisotopic (exact) mass is 720 g/mol. The SMILES string of the molecule is CCCCC(CC)Cc1cc(C2=CC(CC(CC)CCCC)[CH]([Sn]([CH3])([CH3])[CH3])S2)s[c]1[Sn]([CH3])([CH3])[CH3]. The van der Waals surface area contributed by atoms with Crippen molar-refractivity contribution < 1.29 is 0 Å². The molecule has 0 aromatic carbocycles. The van der Waals surface area contributed by atoms with Gasteiger partial charge in [-0.2, -0.15) is 0 Å². The molecule has 2 heterocycles. The Kier molecular flexibility index (Phi) is 13.5. The first kappa shape index (κ1) is 31.6. The number of hydrogen-bond donors (Lipinski definition) is 0. The van der Waals surface area contributed by atoms with E-state index in [1.54, 1.807) is 15.3 Å². The van der Waals surface area contributed by atoms with Crippen LogP contribution in [0.2, 0.25) is 29.6 Å². The molecule has 0 spiro atoms. The Hall–Kier alpha value is 1.39. The van der Waals surface area contributed by atoms with Crippen molar-refractivity contribution in [1.29, 1.82) is 0 Å². The zero-order chi connectivity index (χ0) is 25.5. The molecule has 0 nitrogen and oxygen atoms in total. The standard InChI is InChI=1S/C24H38S2.6CH3.2Sn/c1-5-9-11-19(7-3)13-21-15-23(25-17-21)24-16-22(18-26-24)14-20(8-4)12-10-6-2;;;;;;;;/h15-17,19-21H,5-14H2,1-4H3;6*1H3;;. The van der Waals surface area contributed by atoms with Crippen LogP contribution in [0.25, 0.3) is 4.91 Å². The number of rotatable bonds is 15. The van der Waals surface area contributed by atoms with Crippen LogP contribution in [0.15, 0.2) is 12.1 Å². The van der Waals surface area contributed by atoms with Crippen LogP contribution in [0, 0.1) is 17.8 Å². The Labute approximate surface area is 230 Å². The summed E-state index contributed by atoms with van der Waals surface area (Å²) in [5, 5.41) is 0. The average molecular weight is 718 g/mol. The molecule has 1 aromatic rings. The van der Waals surface area contributed by atoms with Gasteiger partial charge in [0.1, 0.15) is 0 Å². The molecule has 0 aliphatic carbocycles. The maximum absolute atomic E-state index is 2.78. The fourth-order valence-electron chi connectivity index (χ4n) is 5.65. The summed E-state index contributed by atoms with van der Waals surface area (Å²) in [4.78, 5) is 19.2. The molecule has 2 rings (SSSR count). The molecule has 0 amide bonds. The van der Waals surface area contributed by atoms with E-state index < -0.39 is 36.8 Å². The predicted octanol–water partition coefficient (Wildman–Crippen LogP) is 10.6. The van der Waals surface area contributed by atoms with Crippen molar-refractivity contribution in [2.24, 2.45) is 17.8 Å². The van der Waals surface area contributed by atoms with Crippen LogP contribution < -0.4 is 2.89 Å². The minimum atomic E-state index is -2.15. The fraction of sp³-hybridized carbons (Fsp3) is 0.800. The van der Waals surface area contributed by atoms with Gasteiger partial charge in [-0.1, -0.05) is 0 Å². The molecule has 0 saturated carbocycles. The third-order valence-electron chi connectivity index (χ3n) is 7.80. The van der Waals surface area contributed by atoms with E-state index in [0.29, 0.717) is 0 Å². The summed E-state index contributed by atoms with van der Waals surface area (Å²) >= 11 is 0.344. The average Bonchev–Trinajstić information content (AvgIpc) is 3.38. The summed E-state index contributed by atoms with van der Waals surface area (Å²) in [7, 11) is 0. The first-order valence-electron chi connectivity index (χ1n) is 14.5. The molecule has 0 fully saturated rings. The second kappa shape index (κ2) is 14.5. The van der Waals surface area contributed by atoms with Gasteiger partial charge in [0.05, 0.1) is 0 Å². The van der Waals surface area contributed by atoms with Gasteiger partial charge in [-0.05, 0) is 0 Å². The van der Waals surface area contributed by atoms with E-state index in [1.165, 1.54) is 64.2 Å². The first-order chi connectivity index (χ1) is 15.9. The number of unbranched alkanes of at least 4 members (excludes halogenated alkanes) is 2. The molecule has 196 valence electrons. The van der Waals surface area contributed by atoms with E-state index >= 15 is 0 Å². The van der Waals surface area contributed by atoms with Crippen LogP contribution in [-0.4, -0.2) is 40.0 Å². The summed E-state index contributed by atoms with van der Waals surface area (Å²) in [5.74, 6) is 2.61. The van der Waals surface area contributed by atoms with Gasteiger partial charge in [0.25, 0.3) is 0 Å². The topological polar surface area (TPSA) is 0 Å². The van der Waals surface area contributed by atoms with Crippen LogP contribution in [0.5, 0.6) is 0 Å². The third kappa shape index (κ3) is 9.29. The van der Waals surface area contributed by atoms with Crippen molar-refractivity contribution in [3.8, 4) is 0 Å². The normalized spacial score (nSPS) is 21.1. The van der Waals surface area contributed by atoms with Crippen molar-refractivity contribution in [2.45, 2.75) is 125 Å². The predicted molar refractivity (Wildman–Crippen MR) is 168 cm³/mol. The molecule has 0 N–H and O–H groups in total. The van der Waals surface area contributed by atoms with E-state index in [4.69, 9.17) is 0 Å². The van der Waals surface area contributed by atoms with Crippen LogP contribution >= 0.6 is 23.1 Å². The quantitative estimate of drug-likeness (QED) is 0.163. The zero-order valence-electron chi connectivity index (χ0n) is 24.4. The molecular formula is C30H56S2Sn2. The van der Waals surface area contributed by atoms with E-state index in [0.717, 1.165) is 21.0 Å². The van der Waals surface area contributed by atoms with Crippen molar-refractivity contribution in [3.63, 3.8) is 0 Å². The molecule has 4 unspecified atom stereocenters. The molecule has 34 heavy (non-hydrogen) atoms. The summed E-state index contributed by atoms with van der Waals surface area (Å²) in [6.45, 7) is 9.53. The Morgan fingerprint density at radius 1 is 0.853 bits per heavy atom. The number of thioether (sulfide) groups is 1. The molecule has 1 aliphatic rings. The summed E-state index contributed by atoms with van der Waals surface area (Å²) in [5.41, 5.74) is 1.75. The Morgan fingerprint density at radius 2 is 1.44 bits per heavy atom. The zero-order valence-corrected chi connectivity index (χ0v) is 31.7. The van der Waals surface area contributed by atoms with Gasteiger partial charge in [-0.15, -0.1) is 0 Å². The summed E-state index contributed by atoms with van der Waals surface area (Å²) in [6, 6.07) is 2.68. The van der Waals surface area contributed by atoms with Gasteiger partial charge >= 0.3 is 233 Å². The number of thiophene rings is 1. The van der Waals surface area contributed by atoms with E-state index in [2.05, 4.69) is 92.6 Å². The number of hydrogen-bond acceptors (Lipinski definition) is 2. The van der Waals surface area contributed by atoms with Gasteiger partial charge < -0.3 is 0 Å². The minimum absolute atomic E-state index is 0.817. The summed E-state index contributed by atoms with van der Waals surface area (Å²) < 4.78 is 2.77. The van der Waals surface area contributed by atoms with Crippen LogP contribution in [0.3, 0.4) is 0 Å². The Balaban J connectivity index is 2.35. The van der Waals surface area contributed by atoms with E-state index in [1.807, 2.05) is 2.89 Å². The van der Waals surface area contributed by atoms with Gasteiger partial charge in [-0.25, -0.2) is 0 Å². The van der Waals surface area contributed by atoms with Crippen molar-refractivity contribution in [1.82, 2.24) is 0 Å². The second-order valence-corrected chi connectivity index (χ2v) is 47.1. The summed E-state index contributed by atoms with van der Waals surface area (Å²) in [6.07, 6.45) is 16.6. The van der Waals surface area contributed by atoms with E-state index in [9.17, 15) is 0 Å². The van der Waals surface area contributed by atoms with Gasteiger partial charge in [-0.3, -0.25) is 0 Å². The molecule has 0 bridgehead atoms. The maximum atomic E-state index is 2.78. The Bertz CT molecular complexity index is 766. The molecule has 0 saturated heterocycles. The first-order valence-corrected chi connectivity index (χ1v) is 36.4. The van der Waals surface area contributed by atoms with Crippen LogP contribution in [0.1, 0.15) is 95.9 Å². The van der Waals surface area contributed by atoms with Crippen molar-refractivity contribution >= 4 is 67.7 Å². The molecule has 1 aliphatic heterocycles. The van der Waals surface area contributed by atoms with Gasteiger partial charge in [0.2, 0.25) is 0 Å². The third-order valence-corrected chi connectivity index (χ3v) is 31.8. The van der Waals surface area contributed by atoms with Gasteiger partial charge in [0.15, 0.2) is 0 Å². The van der Waals surface area contributed by atoms with E-state index in [-0.39, 0.29) is 0 Å². The fourth-order valence-corrected chi connectivity index (χ4v) is 23.8. The van der Waals surface area contributed by atoms with Crippen molar-refractivity contribution in [3.05, 3.63) is 22.6 Å². The molecule has 1 aromatic heterocycles.